The molecular formula is C14H18BrN3. The van der Waals surface area contributed by atoms with Crippen molar-refractivity contribution in [3.63, 3.8) is 0 Å². The van der Waals surface area contributed by atoms with E-state index >= 15 is 0 Å². The van der Waals surface area contributed by atoms with E-state index in [9.17, 15) is 0 Å². The first kappa shape index (κ1) is 13.3. The third-order valence-corrected chi connectivity index (χ3v) is 3.07. The van der Waals surface area contributed by atoms with Crippen LogP contribution >= 0.6 is 15.9 Å². The number of aromatic nitrogens is 2. The molecule has 0 unspecified atom stereocenters. The van der Waals surface area contributed by atoms with Gasteiger partial charge >= 0.3 is 0 Å². The van der Waals surface area contributed by atoms with Crippen LogP contribution in [0.4, 0.5) is 0 Å². The van der Waals surface area contributed by atoms with Gasteiger partial charge in [0.25, 0.3) is 0 Å². The lowest BCUT2D eigenvalue weighted by atomic mass is 10.1. The summed E-state index contributed by atoms with van der Waals surface area (Å²) in [6.07, 6.45) is 3.78. The van der Waals surface area contributed by atoms with Crippen LogP contribution in [0.1, 0.15) is 19.4 Å². The maximum absolute atomic E-state index is 4.33. The number of hydrogen-bond donors (Lipinski definition) is 1. The zero-order valence-corrected chi connectivity index (χ0v) is 12.3. The van der Waals surface area contributed by atoms with Crippen LogP contribution in [0.15, 0.2) is 41.1 Å². The molecule has 0 saturated heterocycles. The van der Waals surface area contributed by atoms with Gasteiger partial charge in [-0.15, -0.1) is 0 Å². The highest BCUT2D eigenvalue weighted by Crippen LogP contribution is 2.16. The van der Waals surface area contributed by atoms with Gasteiger partial charge in [-0.05, 0) is 40.0 Å². The molecule has 1 aromatic heterocycles. The van der Waals surface area contributed by atoms with Gasteiger partial charge in [-0.25, -0.2) is 4.68 Å². The predicted molar refractivity (Wildman–Crippen MR) is 77.8 cm³/mol. The topological polar surface area (TPSA) is 29.9 Å². The Balaban J connectivity index is 2.15. The first-order valence-corrected chi connectivity index (χ1v) is 6.95. The molecule has 1 heterocycles. The second-order valence-electron chi connectivity index (χ2n) is 4.76. The third-order valence-electron chi connectivity index (χ3n) is 2.66. The molecule has 0 spiro atoms. The summed E-state index contributed by atoms with van der Waals surface area (Å²) in [5.41, 5.74) is 2.38. The second-order valence-corrected chi connectivity index (χ2v) is 5.67. The smallest absolute Gasteiger partial charge is 0.0690 e. The van der Waals surface area contributed by atoms with Crippen molar-refractivity contribution in [1.82, 2.24) is 15.1 Å². The monoisotopic (exact) mass is 307 g/mol. The minimum atomic E-state index is 0.663. The molecule has 0 bridgehead atoms. The fourth-order valence-electron chi connectivity index (χ4n) is 1.81. The summed E-state index contributed by atoms with van der Waals surface area (Å²) in [4.78, 5) is 0. The minimum absolute atomic E-state index is 0.663. The maximum atomic E-state index is 4.33. The zero-order valence-electron chi connectivity index (χ0n) is 10.7. The van der Waals surface area contributed by atoms with E-state index < -0.39 is 0 Å². The Bertz CT molecular complexity index is 505. The normalized spacial score (nSPS) is 11.1. The Morgan fingerprint density at radius 3 is 2.78 bits per heavy atom. The summed E-state index contributed by atoms with van der Waals surface area (Å²) >= 11 is 3.43. The molecule has 0 fully saturated rings. The standard InChI is InChI=1S/C14H18BrN3/c1-11(2)7-16-8-12-5-3-4-6-14(12)18-10-13(15)9-17-18/h3-6,9-11,16H,7-8H2,1-2H3. The molecule has 2 rings (SSSR count). The summed E-state index contributed by atoms with van der Waals surface area (Å²) in [5, 5.41) is 7.80. The molecule has 0 aliphatic heterocycles. The molecule has 0 radical (unpaired) electrons. The average Bonchev–Trinajstić information content (AvgIpc) is 2.76. The van der Waals surface area contributed by atoms with Crippen LogP contribution in [0.3, 0.4) is 0 Å². The van der Waals surface area contributed by atoms with Gasteiger partial charge in [0.2, 0.25) is 0 Å². The molecular weight excluding hydrogens is 290 g/mol. The fraction of sp³-hybridized carbons (Fsp3) is 0.357. The van der Waals surface area contributed by atoms with Crippen molar-refractivity contribution < 1.29 is 0 Å². The molecule has 0 saturated carbocycles. The molecule has 0 aliphatic rings. The van der Waals surface area contributed by atoms with Crippen LogP contribution in [0, 0.1) is 5.92 Å². The van der Waals surface area contributed by atoms with Crippen LogP contribution < -0.4 is 5.32 Å². The zero-order chi connectivity index (χ0) is 13.0. The third kappa shape index (κ3) is 3.43. The number of nitrogens with one attached hydrogen (secondary N) is 1. The average molecular weight is 308 g/mol. The summed E-state index contributed by atoms with van der Waals surface area (Å²) in [5.74, 6) is 0.663. The Morgan fingerprint density at radius 1 is 1.33 bits per heavy atom. The highest BCUT2D eigenvalue weighted by Gasteiger charge is 2.05. The highest BCUT2D eigenvalue weighted by molar-refractivity contribution is 9.10. The largest absolute Gasteiger partial charge is 0.312 e. The van der Waals surface area contributed by atoms with Crippen LogP contribution in [-0.4, -0.2) is 16.3 Å². The van der Waals surface area contributed by atoms with Crippen molar-refractivity contribution in [3.8, 4) is 5.69 Å². The summed E-state index contributed by atoms with van der Waals surface area (Å²) in [7, 11) is 0. The van der Waals surface area contributed by atoms with Crippen LogP contribution in [0.25, 0.3) is 5.69 Å². The fourth-order valence-corrected chi connectivity index (χ4v) is 2.10. The number of para-hydroxylation sites is 1. The molecule has 0 atom stereocenters. The van der Waals surface area contributed by atoms with E-state index in [4.69, 9.17) is 0 Å². The Hall–Kier alpha value is -1.13. The first-order chi connectivity index (χ1) is 8.66. The second kappa shape index (κ2) is 6.16. The van der Waals surface area contributed by atoms with E-state index in [1.165, 1.54) is 5.56 Å². The lowest BCUT2D eigenvalue weighted by Gasteiger charge is -2.11. The quantitative estimate of drug-likeness (QED) is 0.917. The maximum Gasteiger partial charge on any atom is 0.0690 e. The van der Waals surface area contributed by atoms with E-state index in [0.717, 1.165) is 23.2 Å². The van der Waals surface area contributed by atoms with Crippen molar-refractivity contribution >= 4 is 15.9 Å². The number of halogens is 1. The van der Waals surface area contributed by atoms with E-state index in [-0.39, 0.29) is 0 Å². The Labute approximate surface area is 116 Å². The molecule has 1 N–H and O–H groups in total. The predicted octanol–water partition coefficient (Wildman–Crippen LogP) is 3.38. The van der Waals surface area contributed by atoms with Crippen molar-refractivity contribution in [3.05, 3.63) is 46.7 Å². The molecule has 3 nitrogen and oxygen atoms in total. The summed E-state index contributed by atoms with van der Waals surface area (Å²) in [6, 6.07) is 8.33. The van der Waals surface area contributed by atoms with Crippen LogP contribution in [-0.2, 0) is 6.54 Å². The van der Waals surface area contributed by atoms with Gasteiger partial charge in [-0.1, -0.05) is 32.0 Å². The van der Waals surface area contributed by atoms with E-state index in [1.54, 1.807) is 6.20 Å². The number of benzene rings is 1. The number of nitrogens with zero attached hydrogens (tertiary/aromatic N) is 2. The van der Waals surface area contributed by atoms with E-state index in [1.807, 2.05) is 16.9 Å². The Morgan fingerprint density at radius 2 is 2.11 bits per heavy atom. The summed E-state index contributed by atoms with van der Waals surface area (Å²) < 4.78 is 2.89. The van der Waals surface area contributed by atoms with Crippen LogP contribution in [0.5, 0.6) is 0 Å². The molecule has 96 valence electrons. The van der Waals surface area contributed by atoms with E-state index in [0.29, 0.717) is 5.92 Å². The lowest BCUT2D eigenvalue weighted by Crippen LogP contribution is -2.20. The molecule has 1 aromatic carbocycles. The summed E-state index contributed by atoms with van der Waals surface area (Å²) in [6.45, 7) is 6.32. The van der Waals surface area contributed by atoms with E-state index in [2.05, 4.69) is 58.4 Å². The van der Waals surface area contributed by atoms with Crippen molar-refractivity contribution in [2.45, 2.75) is 20.4 Å². The van der Waals surface area contributed by atoms with Crippen molar-refractivity contribution in [1.29, 1.82) is 0 Å². The van der Waals surface area contributed by atoms with Crippen LogP contribution in [0.2, 0.25) is 0 Å². The van der Waals surface area contributed by atoms with Gasteiger partial charge in [-0.2, -0.15) is 5.10 Å². The highest BCUT2D eigenvalue weighted by atomic mass is 79.9. The van der Waals surface area contributed by atoms with Gasteiger partial charge in [-0.3, -0.25) is 0 Å². The van der Waals surface area contributed by atoms with Gasteiger partial charge in [0.1, 0.15) is 0 Å². The minimum Gasteiger partial charge on any atom is -0.312 e. The lowest BCUT2D eigenvalue weighted by molar-refractivity contribution is 0.551. The molecule has 0 amide bonds. The van der Waals surface area contributed by atoms with Crippen molar-refractivity contribution in [2.75, 3.05) is 6.54 Å². The van der Waals surface area contributed by atoms with Crippen molar-refractivity contribution in [2.24, 2.45) is 5.92 Å². The van der Waals surface area contributed by atoms with Gasteiger partial charge in [0, 0.05) is 12.7 Å². The number of hydrogen-bond acceptors (Lipinski definition) is 2. The van der Waals surface area contributed by atoms with Gasteiger partial charge < -0.3 is 5.32 Å². The van der Waals surface area contributed by atoms with Gasteiger partial charge in [0.15, 0.2) is 0 Å². The molecule has 4 heteroatoms. The Kier molecular flexibility index (Phi) is 4.55. The molecule has 0 aliphatic carbocycles. The first-order valence-electron chi connectivity index (χ1n) is 6.16. The number of rotatable bonds is 5. The SMILES string of the molecule is CC(C)CNCc1ccccc1-n1cc(Br)cn1. The molecule has 2 aromatic rings. The van der Waals surface area contributed by atoms with Gasteiger partial charge in [0.05, 0.1) is 16.4 Å². The molecule has 18 heavy (non-hydrogen) atoms.